The summed E-state index contributed by atoms with van der Waals surface area (Å²) in [6.07, 6.45) is 0. The zero-order valence-electron chi connectivity index (χ0n) is 32.6. The summed E-state index contributed by atoms with van der Waals surface area (Å²) in [6, 6.07) is 67.4. The van der Waals surface area contributed by atoms with Crippen LogP contribution in [0.25, 0.3) is 119 Å². The monoisotopic (exact) mass is 768 g/mol. The summed E-state index contributed by atoms with van der Waals surface area (Å²) in [6.45, 7) is 4.81. The van der Waals surface area contributed by atoms with Gasteiger partial charge >= 0.3 is 0 Å². The molecule has 10 aromatic carbocycles. The molecule has 0 unspecified atom stereocenters. The molecule has 0 N–H and O–H groups in total. The van der Waals surface area contributed by atoms with Crippen LogP contribution in [0.15, 0.2) is 186 Å². The van der Waals surface area contributed by atoms with Gasteiger partial charge in [-0.05, 0) is 118 Å². The van der Waals surface area contributed by atoms with Crippen LogP contribution < -0.4 is 0 Å². The van der Waals surface area contributed by atoms with Crippen LogP contribution in [0.2, 0.25) is 0 Å². The summed E-state index contributed by atoms with van der Waals surface area (Å²) in [4.78, 5) is 0. The highest BCUT2D eigenvalue weighted by atomic mass is 32.1. The zero-order valence-corrected chi connectivity index (χ0v) is 33.5. The average molecular weight is 769 g/mol. The van der Waals surface area contributed by atoms with Crippen LogP contribution >= 0.6 is 11.3 Å². The first kappa shape index (κ1) is 33.0. The Bertz CT molecular complexity index is 3690. The van der Waals surface area contributed by atoms with E-state index in [0.717, 1.165) is 11.2 Å². The Balaban J connectivity index is 0.961. The van der Waals surface area contributed by atoms with Gasteiger partial charge in [0.15, 0.2) is 5.58 Å². The molecule has 0 fully saturated rings. The Morgan fingerprint density at radius 3 is 1.54 bits per heavy atom. The van der Waals surface area contributed by atoms with E-state index in [1.165, 1.54) is 119 Å². The number of thiophene rings is 1. The van der Waals surface area contributed by atoms with E-state index in [0.29, 0.717) is 0 Å². The Morgan fingerprint density at radius 2 is 0.881 bits per heavy atom. The van der Waals surface area contributed by atoms with Gasteiger partial charge in [0.2, 0.25) is 0 Å². The second-order valence-electron chi connectivity index (χ2n) is 16.7. The van der Waals surface area contributed by atoms with Crippen LogP contribution in [-0.2, 0) is 5.41 Å². The Kier molecular flexibility index (Phi) is 6.73. The van der Waals surface area contributed by atoms with Gasteiger partial charge in [-0.2, -0.15) is 0 Å². The van der Waals surface area contributed by atoms with Crippen LogP contribution in [0, 0.1) is 0 Å². The van der Waals surface area contributed by atoms with Crippen LogP contribution in [0.4, 0.5) is 0 Å². The van der Waals surface area contributed by atoms with Crippen LogP contribution in [-0.4, -0.2) is 0 Å². The molecule has 0 amide bonds. The molecular formula is C57H36OS. The van der Waals surface area contributed by atoms with Crippen molar-refractivity contribution in [1.29, 1.82) is 0 Å². The van der Waals surface area contributed by atoms with E-state index in [4.69, 9.17) is 4.42 Å². The van der Waals surface area contributed by atoms with Gasteiger partial charge in [-0.3, -0.25) is 0 Å². The van der Waals surface area contributed by atoms with Crippen molar-refractivity contribution >= 4 is 85.8 Å². The van der Waals surface area contributed by atoms with E-state index < -0.39 is 0 Å². The largest absolute Gasteiger partial charge is 0.455 e. The summed E-state index contributed by atoms with van der Waals surface area (Å²) < 4.78 is 9.13. The number of hydrogen-bond acceptors (Lipinski definition) is 2. The van der Waals surface area contributed by atoms with Gasteiger partial charge in [-0.25, -0.2) is 0 Å². The molecule has 0 radical (unpaired) electrons. The second-order valence-corrected chi connectivity index (χ2v) is 17.8. The first-order chi connectivity index (χ1) is 29.0. The lowest BCUT2D eigenvalue weighted by Gasteiger charge is -2.23. The predicted molar refractivity (Wildman–Crippen MR) is 253 cm³/mol. The van der Waals surface area contributed by atoms with E-state index in [9.17, 15) is 0 Å². The van der Waals surface area contributed by atoms with E-state index >= 15 is 0 Å². The van der Waals surface area contributed by atoms with Gasteiger partial charge in [0.1, 0.15) is 5.58 Å². The van der Waals surface area contributed by atoms with Crippen molar-refractivity contribution in [2.24, 2.45) is 0 Å². The lowest BCUT2D eigenvalue weighted by molar-refractivity contribution is 0.661. The zero-order chi connectivity index (χ0) is 39.0. The lowest BCUT2D eigenvalue weighted by atomic mass is 9.80. The molecule has 1 nitrogen and oxygen atoms in total. The molecule has 0 bridgehead atoms. The molecule has 0 saturated carbocycles. The first-order valence-corrected chi connectivity index (χ1v) is 21.3. The van der Waals surface area contributed by atoms with Gasteiger partial charge in [0.05, 0.1) is 4.70 Å². The minimum absolute atomic E-state index is 0.186. The third-order valence-corrected chi connectivity index (χ3v) is 14.4. The molecule has 2 heterocycles. The standard InChI is InChI=1S/C57H36OS/c1-57(2)47-31-35(34-26-29-50-46(30-34)54-44-21-11-10-20-43(44)53-45-22-12-13-23-49(45)58-55(53)56(54)59-50)24-27-37(47)38-28-25-36(32-48(38)57)52-41-18-8-6-16-39(41)51(33-14-4-3-5-15-33)40-17-7-9-19-42(40)52/h3-32H,1-2H3. The number of rotatable bonds is 3. The van der Waals surface area contributed by atoms with E-state index in [1.807, 2.05) is 11.3 Å². The van der Waals surface area contributed by atoms with E-state index in [2.05, 4.69) is 196 Å². The van der Waals surface area contributed by atoms with Crippen LogP contribution in [0.5, 0.6) is 0 Å². The summed E-state index contributed by atoms with van der Waals surface area (Å²) in [5.74, 6) is 0. The van der Waals surface area contributed by atoms with E-state index in [1.54, 1.807) is 0 Å². The molecule has 2 aromatic heterocycles. The topological polar surface area (TPSA) is 13.1 Å². The fourth-order valence-electron chi connectivity index (χ4n) is 10.5. The van der Waals surface area contributed by atoms with Crippen molar-refractivity contribution in [3.8, 4) is 44.5 Å². The smallest absolute Gasteiger partial charge is 0.153 e. The molecule has 12 aromatic rings. The highest BCUT2D eigenvalue weighted by molar-refractivity contribution is 7.26. The summed E-state index contributed by atoms with van der Waals surface area (Å²) in [5, 5.41) is 12.6. The van der Waals surface area contributed by atoms with E-state index in [-0.39, 0.29) is 5.41 Å². The molecule has 276 valence electrons. The molecule has 1 aliphatic carbocycles. The Labute approximate surface area is 345 Å². The van der Waals surface area contributed by atoms with Crippen LogP contribution in [0.3, 0.4) is 0 Å². The molecule has 13 rings (SSSR count). The first-order valence-electron chi connectivity index (χ1n) is 20.5. The lowest BCUT2D eigenvalue weighted by Crippen LogP contribution is -2.15. The van der Waals surface area contributed by atoms with Crippen molar-refractivity contribution in [2.75, 3.05) is 0 Å². The van der Waals surface area contributed by atoms with Gasteiger partial charge in [0.25, 0.3) is 0 Å². The number of benzene rings is 10. The molecule has 0 atom stereocenters. The van der Waals surface area contributed by atoms with Crippen molar-refractivity contribution < 1.29 is 4.42 Å². The molecule has 2 heteroatoms. The van der Waals surface area contributed by atoms with Crippen molar-refractivity contribution in [2.45, 2.75) is 19.3 Å². The molecule has 59 heavy (non-hydrogen) atoms. The summed E-state index contributed by atoms with van der Waals surface area (Å²) in [5.41, 5.74) is 14.7. The summed E-state index contributed by atoms with van der Waals surface area (Å²) >= 11 is 1.84. The fourth-order valence-corrected chi connectivity index (χ4v) is 11.7. The molecule has 0 spiro atoms. The minimum atomic E-state index is -0.186. The number of furan rings is 1. The normalized spacial score (nSPS) is 13.4. The highest BCUT2D eigenvalue weighted by Gasteiger charge is 2.36. The maximum Gasteiger partial charge on any atom is 0.153 e. The van der Waals surface area contributed by atoms with Gasteiger partial charge in [-0.1, -0.05) is 166 Å². The second kappa shape index (κ2) is 12.0. The predicted octanol–water partition coefficient (Wildman–Crippen LogP) is 16.7. The Hall–Kier alpha value is -7.00. The van der Waals surface area contributed by atoms with Gasteiger partial charge in [-0.15, -0.1) is 11.3 Å². The molecule has 0 aliphatic heterocycles. The quantitative estimate of drug-likeness (QED) is 0.163. The van der Waals surface area contributed by atoms with Gasteiger partial charge in [0, 0.05) is 31.7 Å². The highest BCUT2D eigenvalue weighted by Crippen LogP contribution is 2.53. The maximum absolute atomic E-state index is 6.63. The third-order valence-electron chi connectivity index (χ3n) is 13.2. The number of para-hydroxylation sites is 1. The molecule has 0 saturated heterocycles. The van der Waals surface area contributed by atoms with Crippen molar-refractivity contribution in [3.05, 3.63) is 193 Å². The third kappa shape index (κ3) is 4.55. The minimum Gasteiger partial charge on any atom is -0.455 e. The number of fused-ring (bicyclic) bond motifs is 15. The van der Waals surface area contributed by atoms with Crippen molar-refractivity contribution in [1.82, 2.24) is 0 Å². The van der Waals surface area contributed by atoms with Crippen LogP contribution in [0.1, 0.15) is 25.0 Å². The Morgan fingerprint density at radius 1 is 0.390 bits per heavy atom. The van der Waals surface area contributed by atoms with Crippen molar-refractivity contribution in [3.63, 3.8) is 0 Å². The fraction of sp³-hybridized carbons (Fsp3) is 0.0526. The SMILES string of the molecule is CC1(C)c2cc(-c3ccc4sc5c6oc7ccccc7c6c6ccccc6c5c4c3)ccc2-c2ccc(-c3c4ccccc4c(-c4ccccc4)c4ccccc34)cc21. The summed E-state index contributed by atoms with van der Waals surface area (Å²) in [7, 11) is 0. The van der Waals surface area contributed by atoms with Gasteiger partial charge < -0.3 is 4.42 Å². The molecular weight excluding hydrogens is 733 g/mol. The maximum atomic E-state index is 6.63. The average Bonchev–Trinajstić information content (AvgIpc) is 3.94. The number of hydrogen-bond donors (Lipinski definition) is 0. The molecule has 1 aliphatic rings.